The van der Waals surface area contributed by atoms with Crippen molar-refractivity contribution in [1.82, 2.24) is 19.9 Å². The zero-order valence-electron chi connectivity index (χ0n) is 14.3. The second-order valence-corrected chi connectivity index (χ2v) is 7.90. The molecule has 4 rings (SSSR count). The first-order valence-electron chi connectivity index (χ1n) is 8.49. The molecule has 0 aromatic carbocycles. The van der Waals surface area contributed by atoms with Crippen LogP contribution in [0, 0.1) is 5.82 Å². The molecule has 0 aliphatic heterocycles. The van der Waals surface area contributed by atoms with Crippen molar-refractivity contribution in [2.45, 2.75) is 37.3 Å². The van der Waals surface area contributed by atoms with Gasteiger partial charge in [0.1, 0.15) is 11.6 Å². The third kappa shape index (κ3) is 3.25. The number of nitrogens with one attached hydrogen (secondary N) is 1. The number of halogens is 4. The van der Waals surface area contributed by atoms with Gasteiger partial charge in [0.25, 0.3) is 11.8 Å². The number of pyridine rings is 1. The first-order chi connectivity index (χ1) is 13.3. The van der Waals surface area contributed by atoms with Crippen LogP contribution in [0.4, 0.5) is 13.2 Å². The number of aromatic nitrogens is 3. The first kappa shape index (κ1) is 19.2. The fourth-order valence-electron chi connectivity index (χ4n) is 3.33. The van der Waals surface area contributed by atoms with E-state index < -0.39 is 29.7 Å². The fraction of sp³-hybridized carbons (Fsp3) is 0.353. The lowest BCUT2D eigenvalue weighted by molar-refractivity contribution is -0.0674. The number of carbonyl (C=O) groups is 1. The highest BCUT2D eigenvalue weighted by atomic mass is 35.5. The number of hydrogen-bond acceptors (Lipinski definition) is 5. The van der Waals surface area contributed by atoms with Crippen LogP contribution < -0.4 is 11.1 Å². The molecule has 1 fully saturated rings. The van der Waals surface area contributed by atoms with Crippen molar-refractivity contribution in [3.8, 4) is 11.3 Å². The van der Waals surface area contributed by atoms with E-state index in [-0.39, 0.29) is 22.0 Å². The number of carbonyl (C=O) groups excluding carboxylic acids is 1. The van der Waals surface area contributed by atoms with Crippen LogP contribution in [0.3, 0.4) is 0 Å². The lowest BCUT2D eigenvalue weighted by atomic mass is 9.87. The topological polar surface area (TPSA) is 85.3 Å². The number of amides is 1. The first-order valence-corrected chi connectivity index (χ1v) is 9.75. The summed E-state index contributed by atoms with van der Waals surface area (Å²) in [4.78, 5) is 16.6. The largest absolute Gasteiger partial charge is 0.340 e. The molecular weight excluding hydrogens is 415 g/mol. The molecule has 0 bridgehead atoms. The predicted molar refractivity (Wildman–Crippen MR) is 99.3 cm³/mol. The number of alkyl halides is 2. The fourth-order valence-corrected chi connectivity index (χ4v) is 4.20. The Morgan fingerprint density at radius 3 is 3.00 bits per heavy atom. The lowest BCUT2D eigenvalue weighted by Gasteiger charge is -2.36. The van der Waals surface area contributed by atoms with Crippen LogP contribution in [0.1, 0.15) is 29.1 Å². The zero-order valence-corrected chi connectivity index (χ0v) is 15.9. The smallest absolute Gasteiger partial charge is 0.280 e. The molecule has 0 saturated heterocycles. The summed E-state index contributed by atoms with van der Waals surface area (Å²) in [5.41, 5.74) is 6.54. The van der Waals surface area contributed by atoms with Crippen LogP contribution >= 0.6 is 22.9 Å². The van der Waals surface area contributed by atoms with Crippen LogP contribution in [-0.2, 0) is 0 Å². The molecule has 3 heterocycles. The van der Waals surface area contributed by atoms with Gasteiger partial charge in [0.05, 0.1) is 16.9 Å². The SMILES string of the molecule is N[C@@H]1CCCC(F)(F)[C@@H]1NC(=O)c1nc(-c2cnn3ccc(Cl)c(F)c23)cs1. The number of nitrogens with two attached hydrogens (primary N) is 1. The van der Waals surface area contributed by atoms with Gasteiger partial charge in [-0.2, -0.15) is 5.10 Å². The Kier molecular flexibility index (Phi) is 4.80. The van der Waals surface area contributed by atoms with E-state index in [1.54, 1.807) is 0 Å². The van der Waals surface area contributed by atoms with Gasteiger partial charge >= 0.3 is 0 Å². The molecule has 3 aromatic rings. The van der Waals surface area contributed by atoms with Crippen LogP contribution in [0.2, 0.25) is 5.02 Å². The third-order valence-electron chi connectivity index (χ3n) is 4.77. The Balaban J connectivity index is 1.61. The second kappa shape index (κ2) is 7.02. The average Bonchev–Trinajstić information content (AvgIpc) is 3.28. The normalized spacial score (nSPS) is 21.8. The van der Waals surface area contributed by atoms with Crippen molar-refractivity contribution in [3.63, 3.8) is 0 Å². The van der Waals surface area contributed by atoms with Crippen molar-refractivity contribution < 1.29 is 18.0 Å². The van der Waals surface area contributed by atoms with E-state index in [1.807, 2.05) is 0 Å². The Morgan fingerprint density at radius 1 is 1.46 bits per heavy atom. The van der Waals surface area contributed by atoms with Crippen LogP contribution in [0.25, 0.3) is 16.8 Å². The third-order valence-corrected chi connectivity index (χ3v) is 5.90. The van der Waals surface area contributed by atoms with Crippen molar-refractivity contribution in [2.75, 3.05) is 0 Å². The van der Waals surface area contributed by atoms with Gasteiger partial charge in [-0.3, -0.25) is 4.79 Å². The number of thiazole rings is 1. The number of hydrogen-bond donors (Lipinski definition) is 2. The second-order valence-electron chi connectivity index (χ2n) is 6.64. The van der Waals surface area contributed by atoms with Gasteiger partial charge in [-0.1, -0.05) is 11.6 Å². The molecule has 28 heavy (non-hydrogen) atoms. The molecule has 6 nitrogen and oxygen atoms in total. The van der Waals surface area contributed by atoms with E-state index in [0.717, 1.165) is 11.3 Å². The maximum Gasteiger partial charge on any atom is 0.280 e. The molecule has 3 N–H and O–H groups in total. The summed E-state index contributed by atoms with van der Waals surface area (Å²) in [5.74, 6) is -4.48. The zero-order chi connectivity index (χ0) is 20.1. The van der Waals surface area contributed by atoms with Crippen molar-refractivity contribution in [1.29, 1.82) is 0 Å². The molecule has 0 unspecified atom stereocenters. The quantitative estimate of drug-likeness (QED) is 0.667. The maximum absolute atomic E-state index is 14.4. The summed E-state index contributed by atoms with van der Waals surface area (Å²) in [7, 11) is 0. The average molecular weight is 430 g/mol. The summed E-state index contributed by atoms with van der Waals surface area (Å²) in [6.07, 6.45) is 3.29. The minimum Gasteiger partial charge on any atom is -0.340 e. The van der Waals surface area contributed by atoms with Crippen molar-refractivity contribution in [3.05, 3.63) is 39.7 Å². The minimum atomic E-state index is -3.07. The molecule has 1 amide bonds. The lowest BCUT2D eigenvalue weighted by Crippen LogP contribution is -2.59. The standard InChI is InChI=1S/C17H15ClF3N5OS/c18-9-3-5-26-13(12(9)19)8(6-23-26)11-7-28-16(24-11)15(27)25-14-10(22)2-1-4-17(14,20)21/h3,5-7,10,14H,1-2,4,22H2,(H,25,27)/t10-,14-/m1/s1. The van der Waals surface area contributed by atoms with Gasteiger partial charge in [-0.15, -0.1) is 11.3 Å². The summed E-state index contributed by atoms with van der Waals surface area (Å²) in [5, 5.41) is 7.79. The van der Waals surface area contributed by atoms with Crippen LogP contribution in [0.5, 0.6) is 0 Å². The highest BCUT2D eigenvalue weighted by Gasteiger charge is 2.46. The predicted octanol–water partition coefficient (Wildman–Crippen LogP) is 3.50. The molecule has 3 aromatic heterocycles. The molecule has 0 spiro atoms. The molecule has 1 aliphatic carbocycles. The Bertz CT molecular complexity index is 1050. The maximum atomic E-state index is 14.4. The van der Waals surface area contributed by atoms with E-state index in [2.05, 4.69) is 15.4 Å². The summed E-state index contributed by atoms with van der Waals surface area (Å²) >= 11 is 6.79. The van der Waals surface area contributed by atoms with Gasteiger partial charge in [0, 0.05) is 29.6 Å². The molecule has 1 saturated carbocycles. The number of nitrogens with zero attached hydrogens (tertiary/aromatic N) is 3. The molecule has 1 aliphatic rings. The van der Waals surface area contributed by atoms with E-state index in [9.17, 15) is 18.0 Å². The minimum absolute atomic E-state index is 0.0228. The molecule has 0 radical (unpaired) electrons. The molecule has 2 atom stereocenters. The van der Waals surface area contributed by atoms with Gasteiger partial charge in [0.2, 0.25) is 0 Å². The summed E-state index contributed by atoms with van der Waals surface area (Å²) in [6, 6.07) is -0.911. The summed E-state index contributed by atoms with van der Waals surface area (Å²) in [6.45, 7) is 0. The van der Waals surface area contributed by atoms with Gasteiger partial charge in [0.15, 0.2) is 10.8 Å². The van der Waals surface area contributed by atoms with Gasteiger partial charge in [-0.25, -0.2) is 22.7 Å². The van der Waals surface area contributed by atoms with Crippen molar-refractivity contribution >= 4 is 34.4 Å². The van der Waals surface area contributed by atoms with Crippen molar-refractivity contribution in [2.24, 2.45) is 5.73 Å². The number of rotatable bonds is 3. The Hall–Kier alpha value is -2.17. The summed E-state index contributed by atoms with van der Waals surface area (Å²) < 4.78 is 43.9. The van der Waals surface area contributed by atoms with E-state index in [0.29, 0.717) is 24.1 Å². The Morgan fingerprint density at radius 2 is 2.25 bits per heavy atom. The van der Waals surface area contributed by atoms with E-state index >= 15 is 0 Å². The van der Waals surface area contributed by atoms with E-state index in [1.165, 1.54) is 28.4 Å². The Labute approximate surface area is 166 Å². The number of fused-ring (bicyclic) bond motifs is 1. The molecule has 148 valence electrons. The monoisotopic (exact) mass is 429 g/mol. The highest BCUT2D eigenvalue weighted by molar-refractivity contribution is 7.12. The molecule has 11 heteroatoms. The molecular formula is C17H15ClF3N5OS. The van der Waals surface area contributed by atoms with E-state index in [4.69, 9.17) is 17.3 Å². The van der Waals surface area contributed by atoms with Crippen LogP contribution in [-0.4, -0.2) is 38.5 Å². The van der Waals surface area contributed by atoms with Gasteiger partial charge in [-0.05, 0) is 18.9 Å². The van der Waals surface area contributed by atoms with Gasteiger partial charge < -0.3 is 11.1 Å². The highest BCUT2D eigenvalue weighted by Crippen LogP contribution is 2.34. The van der Waals surface area contributed by atoms with Crippen LogP contribution in [0.15, 0.2) is 23.8 Å².